The van der Waals surface area contributed by atoms with Crippen LogP contribution in [0.15, 0.2) is 42.5 Å². The van der Waals surface area contributed by atoms with Crippen molar-refractivity contribution in [2.75, 3.05) is 33.7 Å². The molecule has 2 atom stereocenters. The fraction of sp³-hybridized carbons (Fsp3) is 0.517. The van der Waals surface area contributed by atoms with Gasteiger partial charge in [-0.3, -0.25) is 9.59 Å². The summed E-state index contributed by atoms with van der Waals surface area (Å²) in [5, 5.41) is 2.93. The molecule has 1 N–H and O–H groups in total. The van der Waals surface area contributed by atoms with Crippen LogP contribution >= 0.6 is 0 Å². The van der Waals surface area contributed by atoms with Crippen molar-refractivity contribution in [3.05, 3.63) is 64.7 Å². The Morgan fingerprint density at radius 1 is 1.14 bits per heavy atom. The highest BCUT2D eigenvalue weighted by Gasteiger charge is 2.36. The highest BCUT2D eigenvalue weighted by molar-refractivity contribution is 5.81. The molecule has 2 aromatic carbocycles. The molecule has 0 bridgehead atoms. The molecule has 0 spiro atoms. The average Bonchev–Trinajstić information content (AvgIpc) is 3.37. The minimum Gasteiger partial charge on any atom is -0.481 e. The summed E-state index contributed by atoms with van der Waals surface area (Å²) in [6.07, 6.45) is 4.49. The van der Waals surface area contributed by atoms with E-state index >= 15 is 0 Å². The number of nitrogens with one attached hydrogen (secondary N) is 1. The number of ether oxygens (including phenoxy) is 1. The van der Waals surface area contributed by atoms with Crippen LogP contribution in [0.4, 0.5) is 0 Å². The molecular weight excluding hydrogens is 438 g/mol. The second kappa shape index (κ2) is 11.3. The zero-order chi connectivity index (χ0) is 24.9. The largest absolute Gasteiger partial charge is 0.481 e. The summed E-state index contributed by atoms with van der Waals surface area (Å²) in [6.45, 7) is 5.95. The molecule has 2 unspecified atom stereocenters. The van der Waals surface area contributed by atoms with E-state index in [4.69, 9.17) is 4.74 Å². The lowest BCUT2D eigenvalue weighted by atomic mass is 9.86. The first-order chi connectivity index (χ1) is 16.8. The Labute approximate surface area is 209 Å². The number of hydrogen-bond acceptors (Lipinski definition) is 4. The molecule has 0 aromatic heterocycles. The highest BCUT2D eigenvalue weighted by atomic mass is 16.5. The van der Waals surface area contributed by atoms with Gasteiger partial charge in [0, 0.05) is 25.6 Å². The summed E-state index contributed by atoms with van der Waals surface area (Å²) in [7, 11) is 3.95. The Hall–Kier alpha value is -2.86. The van der Waals surface area contributed by atoms with Crippen LogP contribution in [0.2, 0.25) is 0 Å². The molecule has 1 aliphatic heterocycles. The predicted molar refractivity (Wildman–Crippen MR) is 138 cm³/mol. The van der Waals surface area contributed by atoms with Gasteiger partial charge in [-0.25, -0.2) is 0 Å². The molecule has 2 aromatic rings. The first kappa shape index (κ1) is 25.2. The Bertz CT molecular complexity index is 1050. The molecule has 4 rings (SSSR count). The van der Waals surface area contributed by atoms with Crippen LogP contribution in [-0.4, -0.2) is 61.4 Å². The van der Waals surface area contributed by atoms with Crippen LogP contribution < -0.4 is 10.1 Å². The summed E-state index contributed by atoms with van der Waals surface area (Å²) in [6, 6.07) is 14.4. The number of fused-ring (bicyclic) bond motifs is 1. The maximum Gasteiger partial charge on any atom is 0.260 e. The maximum atomic E-state index is 13.6. The Morgan fingerprint density at radius 2 is 1.91 bits per heavy atom. The first-order valence-corrected chi connectivity index (χ1v) is 12.9. The van der Waals surface area contributed by atoms with Crippen LogP contribution in [-0.2, 0) is 16.0 Å². The normalized spacial score (nSPS) is 18.9. The van der Waals surface area contributed by atoms with E-state index in [-0.39, 0.29) is 23.8 Å². The number of amides is 2. The molecule has 1 heterocycles. The third kappa shape index (κ3) is 6.04. The SMILES string of the molecule is Cc1cccc(C2c3cc(OC(C)C(=O)NCCN(C)C)ccc3CCN2C(=O)C2CCCC2)c1. The molecule has 35 heavy (non-hydrogen) atoms. The van der Waals surface area contributed by atoms with Crippen molar-refractivity contribution in [2.24, 2.45) is 5.92 Å². The van der Waals surface area contributed by atoms with E-state index in [0.29, 0.717) is 12.3 Å². The van der Waals surface area contributed by atoms with Crippen molar-refractivity contribution in [3.63, 3.8) is 0 Å². The number of carbonyl (C=O) groups is 2. The van der Waals surface area contributed by atoms with Gasteiger partial charge in [0.05, 0.1) is 6.04 Å². The van der Waals surface area contributed by atoms with Crippen LogP contribution in [0, 0.1) is 12.8 Å². The fourth-order valence-corrected chi connectivity index (χ4v) is 5.31. The van der Waals surface area contributed by atoms with Gasteiger partial charge in [0.1, 0.15) is 5.75 Å². The van der Waals surface area contributed by atoms with Crippen molar-refractivity contribution in [1.29, 1.82) is 0 Å². The monoisotopic (exact) mass is 477 g/mol. The molecule has 1 aliphatic carbocycles. The van der Waals surface area contributed by atoms with E-state index in [1.807, 2.05) is 31.1 Å². The van der Waals surface area contributed by atoms with E-state index in [1.54, 1.807) is 6.92 Å². The number of benzene rings is 2. The van der Waals surface area contributed by atoms with Crippen molar-refractivity contribution in [1.82, 2.24) is 15.1 Å². The quantitative estimate of drug-likeness (QED) is 0.622. The number of carbonyl (C=O) groups excluding carboxylic acids is 2. The Balaban J connectivity index is 1.60. The van der Waals surface area contributed by atoms with Gasteiger partial charge in [-0.2, -0.15) is 0 Å². The van der Waals surface area contributed by atoms with Gasteiger partial charge in [0.15, 0.2) is 6.10 Å². The molecule has 6 nitrogen and oxygen atoms in total. The Kier molecular flexibility index (Phi) is 8.11. The maximum absolute atomic E-state index is 13.6. The standard InChI is InChI=1S/C29H39N3O3/c1-20-8-7-11-24(18-20)27-26-19-25(35-21(2)28(33)30-15-17-31(3)4)13-12-22(26)14-16-32(27)29(34)23-9-5-6-10-23/h7-8,11-13,18-19,21,23,27H,5-6,9-10,14-17H2,1-4H3,(H,30,33). The predicted octanol–water partition coefficient (Wildman–Crippen LogP) is 4.10. The smallest absolute Gasteiger partial charge is 0.260 e. The van der Waals surface area contributed by atoms with Gasteiger partial charge in [0.2, 0.25) is 5.91 Å². The summed E-state index contributed by atoms with van der Waals surface area (Å²) >= 11 is 0. The van der Waals surface area contributed by atoms with Crippen LogP contribution in [0.1, 0.15) is 60.9 Å². The van der Waals surface area contributed by atoms with Gasteiger partial charge in [-0.05, 0) is 76.0 Å². The van der Waals surface area contributed by atoms with Crippen molar-refractivity contribution >= 4 is 11.8 Å². The molecule has 6 heteroatoms. The Morgan fingerprint density at radius 3 is 2.63 bits per heavy atom. The second-order valence-corrected chi connectivity index (χ2v) is 10.3. The topological polar surface area (TPSA) is 61.9 Å². The number of hydrogen-bond donors (Lipinski definition) is 1. The molecule has 1 saturated carbocycles. The van der Waals surface area contributed by atoms with E-state index in [0.717, 1.165) is 56.3 Å². The van der Waals surface area contributed by atoms with Crippen LogP contribution in [0.25, 0.3) is 0 Å². The molecule has 0 saturated heterocycles. The van der Waals surface area contributed by atoms with E-state index in [9.17, 15) is 9.59 Å². The average molecular weight is 478 g/mol. The molecular formula is C29H39N3O3. The van der Waals surface area contributed by atoms with Crippen molar-refractivity contribution < 1.29 is 14.3 Å². The molecule has 188 valence electrons. The van der Waals surface area contributed by atoms with E-state index in [2.05, 4.69) is 47.5 Å². The minimum absolute atomic E-state index is 0.127. The van der Waals surface area contributed by atoms with Crippen molar-refractivity contribution in [2.45, 2.75) is 58.1 Å². The van der Waals surface area contributed by atoms with Gasteiger partial charge in [0.25, 0.3) is 5.91 Å². The van der Waals surface area contributed by atoms with Crippen LogP contribution in [0.3, 0.4) is 0 Å². The number of nitrogens with zero attached hydrogens (tertiary/aromatic N) is 2. The summed E-state index contributed by atoms with van der Waals surface area (Å²) in [5.41, 5.74) is 4.65. The molecule has 0 radical (unpaired) electrons. The zero-order valence-electron chi connectivity index (χ0n) is 21.5. The van der Waals surface area contributed by atoms with E-state index < -0.39 is 6.10 Å². The zero-order valence-corrected chi connectivity index (χ0v) is 21.5. The van der Waals surface area contributed by atoms with Crippen molar-refractivity contribution in [3.8, 4) is 5.75 Å². The third-order valence-electron chi connectivity index (χ3n) is 7.23. The minimum atomic E-state index is -0.604. The van der Waals surface area contributed by atoms with Gasteiger partial charge in [-0.15, -0.1) is 0 Å². The fourth-order valence-electron chi connectivity index (χ4n) is 5.31. The number of likely N-dealkylation sites (N-methyl/N-ethyl adjacent to an activating group) is 1. The first-order valence-electron chi connectivity index (χ1n) is 12.9. The number of rotatable bonds is 8. The molecule has 1 fully saturated rings. The van der Waals surface area contributed by atoms with Gasteiger partial charge >= 0.3 is 0 Å². The lowest BCUT2D eigenvalue weighted by Gasteiger charge is -2.39. The number of aryl methyl sites for hydroxylation is 1. The van der Waals surface area contributed by atoms with Crippen LogP contribution in [0.5, 0.6) is 5.75 Å². The second-order valence-electron chi connectivity index (χ2n) is 10.3. The highest BCUT2D eigenvalue weighted by Crippen LogP contribution is 2.40. The molecule has 2 aliphatic rings. The third-order valence-corrected chi connectivity index (χ3v) is 7.23. The molecule has 2 amide bonds. The lowest BCUT2D eigenvalue weighted by Crippen LogP contribution is -2.43. The van der Waals surface area contributed by atoms with Gasteiger partial charge < -0.3 is 19.9 Å². The summed E-state index contributed by atoms with van der Waals surface area (Å²) < 4.78 is 6.07. The summed E-state index contributed by atoms with van der Waals surface area (Å²) in [5.74, 6) is 0.943. The van der Waals surface area contributed by atoms with Gasteiger partial charge in [-0.1, -0.05) is 48.7 Å². The lowest BCUT2D eigenvalue weighted by molar-refractivity contribution is -0.137. The summed E-state index contributed by atoms with van der Waals surface area (Å²) in [4.78, 5) is 30.3. The van der Waals surface area contributed by atoms with E-state index in [1.165, 1.54) is 11.1 Å².